The molecule has 0 heterocycles. The number of carbonyl (C=O) groups is 1. The van der Waals surface area contributed by atoms with Gasteiger partial charge in [-0.2, -0.15) is 18.4 Å². The average molecular weight is 458 g/mol. The van der Waals surface area contributed by atoms with Crippen molar-refractivity contribution < 1.29 is 17.9 Å². The first-order valence-corrected chi connectivity index (χ1v) is 11.0. The Kier molecular flexibility index (Phi) is 6.94. The van der Waals surface area contributed by atoms with E-state index in [1.54, 1.807) is 62.6 Å². The number of carbonyl (C=O) groups excluding carboxylic acids is 1. The van der Waals surface area contributed by atoms with Gasteiger partial charge in [0.25, 0.3) is 15.9 Å². The van der Waals surface area contributed by atoms with Crippen LogP contribution < -0.4 is 14.9 Å². The minimum Gasteiger partial charge on any atom is -0.497 e. The maximum absolute atomic E-state index is 12.3. The van der Waals surface area contributed by atoms with Crippen molar-refractivity contribution in [3.8, 4) is 5.75 Å². The molecule has 0 aliphatic rings. The molecular weight excluding hydrogens is 438 g/mol. The molecule has 0 saturated carbocycles. The van der Waals surface area contributed by atoms with E-state index in [1.165, 1.54) is 24.3 Å². The number of nitrogens with zero attached hydrogens (tertiary/aromatic N) is 1. The first-order valence-electron chi connectivity index (χ1n) is 9.16. The number of ether oxygens (including phenoxy) is 1. The highest BCUT2D eigenvalue weighted by Gasteiger charge is 2.13. The van der Waals surface area contributed by atoms with Gasteiger partial charge in [-0.05, 0) is 73.2 Å². The molecule has 0 radical (unpaired) electrons. The fraction of sp³-hybridized carbons (Fsp3) is 0.0909. The highest BCUT2D eigenvalue weighted by Crippen LogP contribution is 2.16. The van der Waals surface area contributed by atoms with Gasteiger partial charge in [0.15, 0.2) is 0 Å². The Morgan fingerprint density at radius 1 is 0.903 bits per heavy atom. The van der Waals surface area contributed by atoms with E-state index in [2.05, 4.69) is 15.2 Å². The second-order valence-corrected chi connectivity index (χ2v) is 8.60. The molecule has 3 aromatic carbocycles. The standard InChI is InChI=1S/C22H20ClN3O4S/c1-15(25-26-31(28,29)21-13-7-18(23)8-14-21)16-3-9-19(10-4-16)24-22(27)17-5-11-20(30-2)12-6-17/h3-14,26H,1-2H3,(H,24,27)/b25-15+. The zero-order chi connectivity index (χ0) is 22.4. The SMILES string of the molecule is COc1ccc(C(=O)Nc2ccc(/C(C)=N/NS(=O)(=O)c3ccc(Cl)cc3)cc2)cc1. The summed E-state index contributed by atoms with van der Waals surface area (Å²) in [6, 6.07) is 19.4. The van der Waals surface area contributed by atoms with Gasteiger partial charge < -0.3 is 10.1 Å². The molecule has 0 fully saturated rings. The molecular formula is C22H20ClN3O4S. The number of amides is 1. The van der Waals surface area contributed by atoms with Gasteiger partial charge in [-0.3, -0.25) is 4.79 Å². The van der Waals surface area contributed by atoms with E-state index >= 15 is 0 Å². The van der Waals surface area contributed by atoms with Gasteiger partial charge in [-0.1, -0.05) is 23.7 Å². The molecule has 31 heavy (non-hydrogen) atoms. The third-order valence-electron chi connectivity index (χ3n) is 4.37. The Morgan fingerprint density at radius 2 is 1.48 bits per heavy atom. The summed E-state index contributed by atoms with van der Waals surface area (Å²) in [7, 11) is -2.24. The number of nitrogens with one attached hydrogen (secondary N) is 2. The van der Waals surface area contributed by atoms with E-state index in [9.17, 15) is 13.2 Å². The maximum Gasteiger partial charge on any atom is 0.276 e. The zero-order valence-corrected chi connectivity index (χ0v) is 18.4. The minimum atomic E-state index is -3.80. The number of anilines is 1. The van der Waals surface area contributed by atoms with E-state index in [0.29, 0.717) is 33.3 Å². The number of halogens is 1. The van der Waals surface area contributed by atoms with Gasteiger partial charge >= 0.3 is 0 Å². The first-order chi connectivity index (χ1) is 14.8. The zero-order valence-electron chi connectivity index (χ0n) is 16.8. The van der Waals surface area contributed by atoms with Crippen LogP contribution in [0.2, 0.25) is 5.02 Å². The van der Waals surface area contributed by atoms with Crippen LogP contribution in [0.1, 0.15) is 22.8 Å². The number of hydrazone groups is 1. The molecule has 0 bridgehead atoms. The number of hydrogen-bond donors (Lipinski definition) is 2. The smallest absolute Gasteiger partial charge is 0.276 e. The van der Waals surface area contributed by atoms with Crippen molar-refractivity contribution in [1.29, 1.82) is 0 Å². The Morgan fingerprint density at radius 3 is 2.06 bits per heavy atom. The molecule has 1 amide bonds. The van der Waals surface area contributed by atoms with E-state index < -0.39 is 10.0 Å². The molecule has 3 aromatic rings. The Bertz CT molecular complexity index is 1190. The van der Waals surface area contributed by atoms with Crippen LogP contribution in [0.4, 0.5) is 5.69 Å². The average Bonchev–Trinajstić information content (AvgIpc) is 2.78. The quantitative estimate of drug-likeness (QED) is 0.408. The predicted molar refractivity (Wildman–Crippen MR) is 121 cm³/mol. The Hall–Kier alpha value is -3.36. The van der Waals surface area contributed by atoms with Crippen molar-refractivity contribution in [3.05, 3.63) is 88.9 Å². The highest BCUT2D eigenvalue weighted by atomic mass is 35.5. The molecule has 0 aromatic heterocycles. The monoisotopic (exact) mass is 457 g/mol. The largest absolute Gasteiger partial charge is 0.497 e. The van der Waals surface area contributed by atoms with Crippen LogP contribution in [-0.2, 0) is 10.0 Å². The number of hydrogen-bond acceptors (Lipinski definition) is 5. The molecule has 0 saturated heterocycles. The number of sulfonamides is 1. The predicted octanol–water partition coefficient (Wildman–Crippen LogP) is 4.30. The van der Waals surface area contributed by atoms with Crippen molar-refractivity contribution in [2.24, 2.45) is 5.10 Å². The molecule has 2 N–H and O–H groups in total. The normalized spacial score (nSPS) is 11.6. The van der Waals surface area contributed by atoms with Crippen molar-refractivity contribution in [2.45, 2.75) is 11.8 Å². The van der Waals surface area contributed by atoms with Crippen LogP contribution in [0.5, 0.6) is 5.75 Å². The summed E-state index contributed by atoms with van der Waals surface area (Å²) in [6.45, 7) is 1.68. The van der Waals surface area contributed by atoms with Gasteiger partial charge in [0, 0.05) is 16.3 Å². The number of methoxy groups -OCH3 is 1. The first kappa shape index (κ1) is 22.3. The van der Waals surface area contributed by atoms with Crippen molar-refractivity contribution in [1.82, 2.24) is 4.83 Å². The molecule has 0 spiro atoms. The molecule has 9 heteroatoms. The lowest BCUT2D eigenvalue weighted by Crippen LogP contribution is -2.20. The van der Waals surface area contributed by atoms with Gasteiger partial charge in [0.05, 0.1) is 17.7 Å². The summed E-state index contributed by atoms with van der Waals surface area (Å²) < 4.78 is 29.7. The fourth-order valence-corrected chi connectivity index (χ4v) is 3.58. The van der Waals surface area contributed by atoms with E-state index in [-0.39, 0.29) is 10.8 Å². The number of rotatable bonds is 7. The summed E-state index contributed by atoms with van der Waals surface area (Å²) in [5.74, 6) is 0.416. The van der Waals surface area contributed by atoms with Crippen LogP contribution >= 0.6 is 11.6 Å². The van der Waals surface area contributed by atoms with Gasteiger partial charge in [-0.15, -0.1) is 0 Å². The topological polar surface area (TPSA) is 96.9 Å². The lowest BCUT2D eigenvalue weighted by atomic mass is 10.1. The van der Waals surface area contributed by atoms with Crippen LogP contribution in [0, 0.1) is 0 Å². The summed E-state index contributed by atoms with van der Waals surface area (Å²) in [5, 5.41) is 7.21. The van der Waals surface area contributed by atoms with E-state index in [1.807, 2.05) is 0 Å². The highest BCUT2D eigenvalue weighted by molar-refractivity contribution is 7.89. The third kappa shape index (κ3) is 5.84. The molecule has 0 aliphatic carbocycles. The van der Waals surface area contributed by atoms with Crippen LogP contribution in [0.25, 0.3) is 0 Å². The number of benzene rings is 3. The molecule has 0 unspecified atom stereocenters. The van der Waals surface area contributed by atoms with Crippen LogP contribution in [0.3, 0.4) is 0 Å². The Labute approximate surface area is 185 Å². The lowest BCUT2D eigenvalue weighted by Gasteiger charge is -2.08. The third-order valence-corrected chi connectivity index (χ3v) is 5.85. The van der Waals surface area contributed by atoms with E-state index in [4.69, 9.17) is 16.3 Å². The molecule has 7 nitrogen and oxygen atoms in total. The lowest BCUT2D eigenvalue weighted by molar-refractivity contribution is 0.102. The molecule has 0 atom stereocenters. The Balaban J connectivity index is 1.65. The second kappa shape index (κ2) is 9.63. The summed E-state index contributed by atoms with van der Waals surface area (Å²) in [5.41, 5.74) is 2.25. The fourth-order valence-electron chi connectivity index (χ4n) is 2.60. The second-order valence-electron chi connectivity index (χ2n) is 6.51. The summed E-state index contributed by atoms with van der Waals surface area (Å²) in [6.07, 6.45) is 0. The maximum atomic E-state index is 12.3. The molecule has 0 aliphatic heterocycles. The van der Waals surface area contributed by atoms with E-state index in [0.717, 1.165) is 0 Å². The van der Waals surface area contributed by atoms with Crippen molar-refractivity contribution in [2.75, 3.05) is 12.4 Å². The molecule has 160 valence electrons. The van der Waals surface area contributed by atoms with Gasteiger partial charge in [0.2, 0.25) is 0 Å². The summed E-state index contributed by atoms with van der Waals surface area (Å²) >= 11 is 5.79. The molecule has 3 rings (SSSR count). The minimum absolute atomic E-state index is 0.0602. The van der Waals surface area contributed by atoms with Crippen molar-refractivity contribution >= 4 is 38.9 Å². The van der Waals surface area contributed by atoms with Crippen molar-refractivity contribution in [3.63, 3.8) is 0 Å². The van der Waals surface area contributed by atoms with Crippen LogP contribution in [-0.4, -0.2) is 27.1 Å². The van der Waals surface area contributed by atoms with Gasteiger partial charge in [0.1, 0.15) is 5.75 Å². The van der Waals surface area contributed by atoms with Crippen LogP contribution in [0.15, 0.2) is 82.8 Å². The van der Waals surface area contributed by atoms with Gasteiger partial charge in [-0.25, -0.2) is 0 Å². The summed E-state index contributed by atoms with van der Waals surface area (Å²) in [4.78, 5) is 14.6.